The Labute approximate surface area is 186 Å². The third-order valence-electron chi connectivity index (χ3n) is 4.33. The number of nitrogens with zero attached hydrogens (tertiary/aromatic N) is 1. The van der Waals surface area contributed by atoms with Crippen LogP contribution >= 0.6 is 31.9 Å². The summed E-state index contributed by atoms with van der Waals surface area (Å²) in [7, 11) is 1.58. The lowest BCUT2D eigenvalue weighted by molar-refractivity contribution is -0.128. The maximum Gasteiger partial charge on any atom is 0.281 e. The Bertz CT molecular complexity index is 1050. The fourth-order valence-corrected chi connectivity index (χ4v) is 3.79. The molecule has 29 heavy (non-hydrogen) atoms. The van der Waals surface area contributed by atoms with E-state index in [1.54, 1.807) is 13.3 Å². The SMILES string of the molecule is CC[C@H](Oc1ccc2ccccc2c1Br)C(=O)N/N=C\c1cc(Br)ccc1OC. The Morgan fingerprint density at radius 3 is 2.66 bits per heavy atom. The van der Waals surface area contributed by atoms with Crippen molar-refractivity contribution in [1.29, 1.82) is 0 Å². The van der Waals surface area contributed by atoms with Crippen molar-refractivity contribution < 1.29 is 14.3 Å². The van der Waals surface area contributed by atoms with Gasteiger partial charge in [-0.1, -0.05) is 53.2 Å². The van der Waals surface area contributed by atoms with Crippen molar-refractivity contribution in [3.63, 3.8) is 0 Å². The van der Waals surface area contributed by atoms with Gasteiger partial charge < -0.3 is 9.47 Å². The Balaban J connectivity index is 1.71. The number of amides is 1. The molecule has 0 aliphatic heterocycles. The molecular weight excluding hydrogens is 500 g/mol. The zero-order valence-electron chi connectivity index (χ0n) is 16.0. The fourth-order valence-electron chi connectivity index (χ4n) is 2.82. The standard InChI is InChI=1S/C22H20Br2N2O3/c1-3-18(29-20-10-8-14-6-4-5-7-17(14)21(20)24)22(27)26-25-13-15-12-16(23)9-11-19(15)28-2/h4-13,18H,3H2,1-2H3,(H,26,27)/b25-13-/t18-/m0/s1. The molecule has 0 radical (unpaired) electrons. The highest BCUT2D eigenvalue weighted by molar-refractivity contribution is 9.11. The minimum absolute atomic E-state index is 0.322. The average molecular weight is 520 g/mol. The quantitative estimate of drug-likeness (QED) is 0.322. The van der Waals surface area contributed by atoms with E-state index in [-0.39, 0.29) is 5.91 Å². The third-order valence-corrected chi connectivity index (χ3v) is 5.64. The monoisotopic (exact) mass is 518 g/mol. The average Bonchev–Trinajstić information content (AvgIpc) is 2.73. The van der Waals surface area contributed by atoms with Gasteiger partial charge in [0.05, 0.1) is 17.8 Å². The van der Waals surface area contributed by atoms with E-state index >= 15 is 0 Å². The number of methoxy groups -OCH3 is 1. The second-order valence-corrected chi connectivity index (χ2v) is 7.94. The van der Waals surface area contributed by atoms with E-state index in [9.17, 15) is 4.79 Å². The molecule has 0 saturated carbocycles. The first kappa shape index (κ1) is 21.3. The van der Waals surface area contributed by atoms with Gasteiger partial charge in [0, 0.05) is 10.0 Å². The maximum absolute atomic E-state index is 12.6. The predicted molar refractivity (Wildman–Crippen MR) is 123 cm³/mol. The summed E-state index contributed by atoms with van der Waals surface area (Å²) < 4.78 is 13.0. The first-order valence-electron chi connectivity index (χ1n) is 9.03. The number of fused-ring (bicyclic) bond motifs is 1. The number of hydrazone groups is 1. The Morgan fingerprint density at radius 1 is 1.14 bits per heavy atom. The van der Waals surface area contributed by atoms with Crippen molar-refractivity contribution in [2.75, 3.05) is 7.11 Å². The van der Waals surface area contributed by atoms with Gasteiger partial charge >= 0.3 is 0 Å². The van der Waals surface area contributed by atoms with Crippen molar-refractivity contribution >= 4 is 54.8 Å². The molecule has 1 amide bonds. The number of hydrogen-bond acceptors (Lipinski definition) is 4. The largest absolute Gasteiger partial charge is 0.496 e. The van der Waals surface area contributed by atoms with Crippen LogP contribution in [-0.4, -0.2) is 25.3 Å². The summed E-state index contributed by atoms with van der Waals surface area (Å²) in [6.07, 6.45) is 1.37. The summed E-state index contributed by atoms with van der Waals surface area (Å²) in [4.78, 5) is 12.6. The second-order valence-electron chi connectivity index (χ2n) is 6.23. The summed E-state index contributed by atoms with van der Waals surface area (Å²) >= 11 is 7.00. The lowest BCUT2D eigenvalue weighted by atomic mass is 10.1. The molecule has 5 nitrogen and oxygen atoms in total. The highest BCUT2D eigenvalue weighted by Gasteiger charge is 2.19. The number of benzene rings is 3. The molecule has 1 atom stereocenters. The van der Waals surface area contributed by atoms with Gasteiger partial charge in [0.25, 0.3) is 5.91 Å². The normalized spacial score (nSPS) is 12.1. The first-order valence-corrected chi connectivity index (χ1v) is 10.6. The number of hydrogen-bond donors (Lipinski definition) is 1. The second kappa shape index (κ2) is 9.89. The molecule has 3 rings (SSSR count). The molecule has 3 aromatic carbocycles. The van der Waals surface area contributed by atoms with Crippen LogP contribution in [0.4, 0.5) is 0 Å². The number of halogens is 2. The molecular formula is C22H20Br2N2O3. The molecule has 0 saturated heterocycles. The van der Waals surface area contributed by atoms with E-state index < -0.39 is 6.10 Å². The Morgan fingerprint density at radius 2 is 1.90 bits per heavy atom. The van der Waals surface area contributed by atoms with Crippen molar-refractivity contribution in [2.45, 2.75) is 19.4 Å². The molecule has 0 heterocycles. The summed E-state index contributed by atoms with van der Waals surface area (Å²) in [6, 6.07) is 17.4. The molecule has 0 fully saturated rings. The molecule has 7 heteroatoms. The van der Waals surface area contributed by atoms with E-state index in [2.05, 4.69) is 42.4 Å². The van der Waals surface area contributed by atoms with Crippen LogP contribution in [-0.2, 0) is 4.79 Å². The predicted octanol–water partition coefficient (Wildman–Crippen LogP) is 5.68. The van der Waals surface area contributed by atoms with Crippen LogP contribution in [0.25, 0.3) is 10.8 Å². The van der Waals surface area contributed by atoms with Crippen LogP contribution < -0.4 is 14.9 Å². The van der Waals surface area contributed by atoms with Gasteiger partial charge in [0.2, 0.25) is 0 Å². The first-order chi connectivity index (χ1) is 14.0. The molecule has 0 spiro atoms. The zero-order chi connectivity index (χ0) is 20.8. The summed E-state index contributed by atoms with van der Waals surface area (Å²) in [5.41, 5.74) is 3.29. The fraction of sp³-hybridized carbons (Fsp3) is 0.182. The Hall–Kier alpha value is -2.38. The molecule has 1 N–H and O–H groups in total. The van der Waals surface area contributed by atoms with Crippen molar-refractivity contribution in [3.05, 3.63) is 69.1 Å². The van der Waals surface area contributed by atoms with Gasteiger partial charge in [-0.25, -0.2) is 5.43 Å². The molecule has 0 bridgehead atoms. The van der Waals surface area contributed by atoms with Gasteiger partial charge in [0.15, 0.2) is 6.10 Å². The van der Waals surface area contributed by atoms with Gasteiger partial charge in [-0.3, -0.25) is 4.79 Å². The minimum Gasteiger partial charge on any atom is -0.496 e. The van der Waals surface area contributed by atoms with Crippen LogP contribution in [0.15, 0.2) is 68.6 Å². The van der Waals surface area contributed by atoms with Gasteiger partial charge in [-0.05, 0) is 57.4 Å². The lowest BCUT2D eigenvalue weighted by Crippen LogP contribution is -2.35. The summed E-state index contributed by atoms with van der Waals surface area (Å²) in [5, 5.41) is 6.18. The van der Waals surface area contributed by atoms with Gasteiger partial charge in [-0.15, -0.1) is 0 Å². The number of nitrogens with one attached hydrogen (secondary N) is 1. The summed E-state index contributed by atoms with van der Waals surface area (Å²) in [6.45, 7) is 1.89. The molecule has 0 unspecified atom stereocenters. The highest BCUT2D eigenvalue weighted by Crippen LogP contribution is 2.33. The van der Waals surface area contributed by atoms with Gasteiger partial charge in [-0.2, -0.15) is 5.10 Å². The summed E-state index contributed by atoms with van der Waals surface area (Å²) in [5.74, 6) is 0.954. The van der Waals surface area contributed by atoms with E-state index in [0.29, 0.717) is 17.9 Å². The molecule has 0 aliphatic carbocycles. The number of carbonyl (C=O) groups is 1. The van der Waals surface area contributed by atoms with Crippen LogP contribution in [0.1, 0.15) is 18.9 Å². The van der Waals surface area contributed by atoms with Crippen LogP contribution in [0, 0.1) is 0 Å². The van der Waals surface area contributed by atoms with E-state index in [4.69, 9.17) is 9.47 Å². The number of rotatable bonds is 7. The van der Waals surface area contributed by atoms with Crippen LogP contribution in [0.5, 0.6) is 11.5 Å². The maximum atomic E-state index is 12.6. The van der Waals surface area contributed by atoms with Gasteiger partial charge in [0.1, 0.15) is 11.5 Å². The highest BCUT2D eigenvalue weighted by atomic mass is 79.9. The van der Waals surface area contributed by atoms with E-state index in [0.717, 1.165) is 25.3 Å². The van der Waals surface area contributed by atoms with Crippen LogP contribution in [0.2, 0.25) is 0 Å². The Kier molecular flexibility index (Phi) is 7.28. The number of carbonyl (C=O) groups excluding carboxylic acids is 1. The topological polar surface area (TPSA) is 59.9 Å². The van der Waals surface area contributed by atoms with Crippen molar-refractivity contribution in [1.82, 2.24) is 5.43 Å². The van der Waals surface area contributed by atoms with E-state index in [1.165, 1.54) is 0 Å². The number of ether oxygens (including phenoxy) is 2. The zero-order valence-corrected chi connectivity index (χ0v) is 19.2. The molecule has 0 aliphatic rings. The molecule has 150 valence electrons. The molecule has 0 aromatic heterocycles. The van der Waals surface area contributed by atoms with E-state index in [1.807, 2.05) is 61.5 Å². The third kappa shape index (κ3) is 5.16. The smallest absolute Gasteiger partial charge is 0.281 e. The molecule has 3 aromatic rings. The minimum atomic E-state index is -0.672. The van der Waals surface area contributed by atoms with Crippen molar-refractivity contribution in [2.24, 2.45) is 5.10 Å². The van der Waals surface area contributed by atoms with Crippen LogP contribution in [0.3, 0.4) is 0 Å². The lowest BCUT2D eigenvalue weighted by Gasteiger charge is -2.17. The van der Waals surface area contributed by atoms with Crippen molar-refractivity contribution in [3.8, 4) is 11.5 Å².